The van der Waals surface area contributed by atoms with Crippen LogP contribution in [0.15, 0.2) is 85.1 Å². The molecule has 2 aliphatic heterocycles. The standard InChI is InChI=1S/C59H101NO13/c1-3-5-7-9-11-13-15-17-19-20-21-22-23-24-25-26-27-29-30-32-34-36-38-40-42-48(63)47(60-51(64)43-41-39-37-35-33-31-28-18-16-14-12-10-8-6-4-2)46-70-58-56(69)54(67)57(50(45-62)72-58)73-59-55(68)53(66)52(65)49(44-61)71-59/h6,8,12,14,18,26-28,32-35,40,42,47-50,52-59,61-63,65-69H,3-5,7,9-11,13,15-17,19-25,29-31,36-39,41,43-46H2,1-2H3,(H,60,64)/b8-6-,14-12-,27-26+,28-18-,34-32+,35-33-,42-40+. The number of ether oxygens (including phenoxy) is 4. The maximum atomic E-state index is 13.2. The van der Waals surface area contributed by atoms with Gasteiger partial charge >= 0.3 is 0 Å². The highest BCUT2D eigenvalue weighted by atomic mass is 16.7. The Kier molecular flexibility index (Phi) is 40.2. The van der Waals surface area contributed by atoms with Crippen molar-refractivity contribution in [3.63, 3.8) is 0 Å². The number of aliphatic hydroxyl groups excluding tert-OH is 8. The number of allylic oxidation sites excluding steroid dienone is 13. The van der Waals surface area contributed by atoms with Crippen LogP contribution in [0.5, 0.6) is 0 Å². The van der Waals surface area contributed by atoms with E-state index < -0.39 is 86.8 Å². The van der Waals surface area contributed by atoms with Crippen LogP contribution in [0.2, 0.25) is 0 Å². The second-order valence-electron chi connectivity index (χ2n) is 19.7. The van der Waals surface area contributed by atoms with E-state index in [0.29, 0.717) is 12.8 Å². The van der Waals surface area contributed by atoms with Gasteiger partial charge in [-0.2, -0.15) is 0 Å². The molecule has 12 unspecified atom stereocenters. The molecule has 1 amide bonds. The van der Waals surface area contributed by atoms with E-state index in [-0.39, 0.29) is 18.9 Å². The van der Waals surface area contributed by atoms with Gasteiger partial charge in [-0.05, 0) is 83.5 Å². The van der Waals surface area contributed by atoms with E-state index in [1.165, 1.54) is 89.9 Å². The summed E-state index contributed by atoms with van der Waals surface area (Å²) in [6.45, 7) is 2.61. The van der Waals surface area contributed by atoms with Crippen molar-refractivity contribution in [3.05, 3.63) is 85.1 Å². The van der Waals surface area contributed by atoms with Crippen LogP contribution in [0.1, 0.15) is 187 Å². The van der Waals surface area contributed by atoms with Gasteiger partial charge in [0.15, 0.2) is 12.6 Å². The minimum atomic E-state index is -1.80. The second kappa shape index (κ2) is 44.3. The van der Waals surface area contributed by atoms with Crippen molar-refractivity contribution in [2.24, 2.45) is 0 Å². The fourth-order valence-corrected chi connectivity index (χ4v) is 8.72. The van der Waals surface area contributed by atoms with Crippen molar-refractivity contribution in [2.45, 2.75) is 261 Å². The van der Waals surface area contributed by atoms with Crippen molar-refractivity contribution in [3.8, 4) is 0 Å². The molecule has 0 bridgehead atoms. The topological polar surface area (TPSA) is 228 Å². The van der Waals surface area contributed by atoms with Crippen LogP contribution in [0.3, 0.4) is 0 Å². The van der Waals surface area contributed by atoms with Gasteiger partial charge in [-0.1, -0.05) is 182 Å². The largest absolute Gasteiger partial charge is 0.394 e. The molecule has 0 radical (unpaired) electrons. The van der Waals surface area contributed by atoms with Gasteiger partial charge in [0, 0.05) is 6.42 Å². The van der Waals surface area contributed by atoms with Gasteiger partial charge in [0.25, 0.3) is 0 Å². The van der Waals surface area contributed by atoms with Gasteiger partial charge in [0.2, 0.25) is 5.91 Å². The number of carbonyl (C=O) groups is 1. The highest BCUT2D eigenvalue weighted by Gasteiger charge is 2.51. The summed E-state index contributed by atoms with van der Waals surface area (Å²) >= 11 is 0. The van der Waals surface area contributed by atoms with Gasteiger partial charge in [-0.3, -0.25) is 4.79 Å². The van der Waals surface area contributed by atoms with Crippen molar-refractivity contribution in [1.29, 1.82) is 0 Å². The molecule has 0 aromatic heterocycles. The Morgan fingerprint density at radius 3 is 1.51 bits per heavy atom. The summed E-state index contributed by atoms with van der Waals surface area (Å²) in [6, 6.07) is -0.964. The number of nitrogens with one attached hydrogen (secondary N) is 1. The summed E-state index contributed by atoms with van der Waals surface area (Å²) in [4.78, 5) is 13.2. The average molecular weight is 1030 g/mol. The Balaban J connectivity index is 1.83. The van der Waals surface area contributed by atoms with E-state index >= 15 is 0 Å². The molecule has 14 heteroatoms. The lowest BCUT2D eigenvalue weighted by Gasteiger charge is -2.46. The fraction of sp³-hybridized carbons (Fsp3) is 0.746. The predicted molar refractivity (Wildman–Crippen MR) is 290 cm³/mol. The molecule has 2 fully saturated rings. The zero-order chi connectivity index (χ0) is 53.2. The minimum Gasteiger partial charge on any atom is -0.394 e. The van der Waals surface area contributed by atoms with Crippen molar-refractivity contribution in [2.75, 3.05) is 19.8 Å². The van der Waals surface area contributed by atoms with Crippen molar-refractivity contribution >= 4 is 5.91 Å². The summed E-state index contributed by atoms with van der Waals surface area (Å²) in [5, 5.41) is 86.9. The molecule has 9 N–H and O–H groups in total. The minimum absolute atomic E-state index is 0.213. The number of rotatable bonds is 43. The van der Waals surface area contributed by atoms with E-state index in [1.807, 2.05) is 6.08 Å². The van der Waals surface area contributed by atoms with Crippen LogP contribution >= 0.6 is 0 Å². The van der Waals surface area contributed by atoms with Crippen LogP contribution in [0.25, 0.3) is 0 Å². The van der Waals surface area contributed by atoms with Crippen molar-refractivity contribution in [1.82, 2.24) is 5.32 Å². The first kappa shape index (κ1) is 66.3. The summed E-state index contributed by atoms with van der Waals surface area (Å²) in [5.41, 5.74) is 0. The smallest absolute Gasteiger partial charge is 0.220 e. The van der Waals surface area contributed by atoms with Crippen LogP contribution in [-0.2, 0) is 23.7 Å². The quantitative estimate of drug-likeness (QED) is 0.0206. The Labute approximate surface area is 440 Å². The SMILES string of the molecule is CC/C=C\C/C=C\C/C=C\C/C=C\CCCCC(=O)NC(COC1OC(CO)C(OC2OC(CO)C(O)C(O)C2O)C(O)C1O)C(O)/C=C/CC/C=C/CC/C=C/CCCCCCCCCCCCCCCC. The number of amides is 1. The van der Waals surface area contributed by atoms with E-state index in [9.17, 15) is 45.6 Å². The molecule has 0 saturated carbocycles. The van der Waals surface area contributed by atoms with Gasteiger partial charge < -0.3 is 65.1 Å². The lowest BCUT2D eigenvalue weighted by Crippen LogP contribution is -2.65. The van der Waals surface area contributed by atoms with Crippen LogP contribution < -0.4 is 5.32 Å². The zero-order valence-corrected chi connectivity index (χ0v) is 44.8. The first-order valence-corrected chi connectivity index (χ1v) is 28.3. The van der Waals surface area contributed by atoms with Crippen LogP contribution in [0.4, 0.5) is 0 Å². The monoisotopic (exact) mass is 1030 g/mol. The Morgan fingerprint density at radius 2 is 0.959 bits per heavy atom. The van der Waals surface area contributed by atoms with E-state index in [2.05, 4.69) is 92.1 Å². The molecular formula is C59H101NO13. The lowest BCUT2D eigenvalue weighted by molar-refractivity contribution is -0.359. The van der Waals surface area contributed by atoms with Crippen LogP contribution in [0, 0.1) is 0 Å². The summed E-state index contributed by atoms with van der Waals surface area (Å²) in [6.07, 6.45) is 42.1. The molecule has 12 atom stereocenters. The number of hydrogen-bond acceptors (Lipinski definition) is 13. The van der Waals surface area contributed by atoms with E-state index in [0.717, 1.165) is 64.2 Å². The molecular weight excluding hydrogens is 931 g/mol. The maximum absolute atomic E-state index is 13.2. The molecule has 73 heavy (non-hydrogen) atoms. The molecule has 2 aliphatic rings. The number of unbranched alkanes of at least 4 members (excludes halogenated alkanes) is 18. The summed E-state index contributed by atoms with van der Waals surface area (Å²) in [7, 11) is 0. The second-order valence-corrected chi connectivity index (χ2v) is 19.7. The number of carbonyl (C=O) groups excluding carboxylic acids is 1. The Morgan fingerprint density at radius 1 is 0.507 bits per heavy atom. The maximum Gasteiger partial charge on any atom is 0.220 e. The first-order chi connectivity index (χ1) is 35.6. The van der Waals surface area contributed by atoms with E-state index in [4.69, 9.17) is 18.9 Å². The lowest BCUT2D eigenvalue weighted by atomic mass is 9.97. The molecule has 0 spiro atoms. The average Bonchev–Trinajstić information content (AvgIpc) is 3.39. The van der Waals surface area contributed by atoms with Gasteiger partial charge in [0.05, 0.1) is 32.0 Å². The molecule has 0 aliphatic carbocycles. The molecule has 420 valence electrons. The van der Waals surface area contributed by atoms with Gasteiger partial charge in [0.1, 0.15) is 48.8 Å². The normalized spacial score (nSPS) is 26.1. The fourth-order valence-electron chi connectivity index (χ4n) is 8.72. The van der Waals surface area contributed by atoms with Crippen LogP contribution in [-0.4, -0.2) is 140 Å². The molecule has 0 aromatic rings. The first-order valence-electron chi connectivity index (χ1n) is 28.3. The summed E-state index contributed by atoms with van der Waals surface area (Å²) < 4.78 is 22.7. The highest BCUT2D eigenvalue weighted by Crippen LogP contribution is 2.30. The summed E-state index contributed by atoms with van der Waals surface area (Å²) in [5.74, 6) is -0.297. The van der Waals surface area contributed by atoms with Gasteiger partial charge in [-0.25, -0.2) is 0 Å². The third-order valence-corrected chi connectivity index (χ3v) is 13.3. The Bertz CT molecular complexity index is 1550. The highest BCUT2D eigenvalue weighted by molar-refractivity contribution is 5.76. The molecule has 2 heterocycles. The number of hydrogen-bond donors (Lipinski definition) is 9. The zero-order valence-electron chi connectivity index (χ0n) is 44.8. The van der Waals surface area contributed by atoms with Gasteiger partial charge in [-0.15, -0.1) is 0 Å². The molecule has 0 aromatic carbocycles. The third-order valence-electron chi connectivity index (χ3n) is 13.3. The Hall–Kier alpha value is -2.83. The van der Waals surface area contributed by atoms with Crippen molar-refractivity contribution < 1.29 is 64.6 Å². The molecule has 2 saturated heterocycles. The molecule has 2 rings (SSSR count). The molecule has 14 nitrogen and oxygen atoms in total. The third kappa shape index (κ3) is 30.5. The predicted octanol–water partition coefficient (Wildman–Crippen LogP) is 8.94. The number of aliphatic hydroxyl groups is 8. The van der Waals surface area contributed by atoms with E-state index in [1.54, 1.807) is 6.08 Å².